The van der Waals surface area contributed by atoms with Crippen molar-refractivity contribution in [3.05, 3.63) is 23.4 Å². The molecule has 0 saturated carbocycles. The standard InChI is InChI=1S/C20H33ClN6O.HI/c1-4-22-19(24-15-20(26(2)3)8-12-28-13-9-20)25-16-7-11-27(14-16)18-17(21)6-5-10-23-18;/h5-6,10,16H,4,7-9,11-15H2,1-3H3,(H2,22,24,25);1H. The van der Waals surface area contributed by atoms with E-state index in [9.17, 15) is 0 Å². The summed E-state index contributed by atoms with van der Waals surface area (Å²) >= 11 is 6.31. The minimum absolute atomic E-state index is 0. The van der Waals surface area contributed by atoms with E-state index in [0.717, 1.165) is 70.4 Å². The summed E-state index contributed by atoms with van der Waals surface area (Å²) in [6.45, 7) is 7.12. The van der Waals surface area contributed by atoms with Crippen LogP contribution in [0.25, 0.3) is 0 Å². The van der Waals surface area contributed by atoms with E-state index in [0.29, 0.717) is 11.1 Å². The lowest BCUT2D eigenvalue weighted by molar-refractivity contribution is -0.00255. The number of hydrogen-bond donors (Lipinski definition) is 2. The minimum Gasteiger partial charge on any atom is -0.381 e. The number of pyridine rings is 1. The molecule has 0 aliphatic carbocycles. The summed E-state index contributed by atoms with van der Waals surface area (Å²) in [5.41, 5.74) is 0.0732. The molecule has 0 spiro atoms. The van der Waals surface area contributed by atoms with Gasteiger partial charge in [0.25, 0.3) is 0 Å². The molecule has 0 aromatic carbocycles. The van der Waals surface area contributed by atoms with Gasteiger partial charge in [-0.25, -0.2) is 4.98 Å². The Morgan fingerprint density at radius 1 is 1.41 bits per heavy atom. The molecule has 0 amide bonds. The number of rotatable bonds is 6. The number of halogens is 2. The van der Waals surface area contributed by atoms with Gasteiger partial charge in [0, 0.05) is 50.6 Å². The van der Waals surface area contributed by atoms with Crippen LogP contribution in [0.4, 0.5) is 5.82 Å². The van der Waals surface area contributed by atoms with Crippen LogP contribution in [0.15, 0.2) is 23.3 Å². The molecule has 2 aliphatic rings. The van der Waals surface area contributed by atoms with Crippen molar-refractivity contribution in [1.82, 2.24) is 20.5 Å². The highest BCUT2D eigenvalue weighted by atomic mass is 127. The van der Waals surface area contributed by atoms with Crippen molar-refractivity contribution in [3.8, 4) is 0 Å². The molecular formula is C20H34ClIN6O. The van der Waals surface area contributed by atoms with Crippen molar-refractivity contribution >= 4 is 47.4 Å². The van der Waals surface area contributed by atoms with Crippen molar-refractivity contribution in [3.63, 3.8) is 0 Å². The lowest BCUT2D eigenvalue weighted by atomic mass is 9.89. The van der Waals surface area contributed by atoms with Crippen molar-refractivity contribution in [1.29, 1.82) is 0 Å². The van der Waals surface area contributed by atoms with Crippen LogP contribution in [0.5, 0.6) is 0 Å². The van der Waals surface area contributed by atoms with Gasteiger partial charge in [0.15, 0.2) is 5.96 Å². The van der Waals surface area contributed by atoms with Crippen LogP contribution < -0.4 is 15.5 Å². The molecule has 7 nitrogen and oxygen atoms in total. The molecule has 3 heterocycles. The van der Waals surface area contributed by atoms with Gasteiger partial charge in [-0.1, -0.05) is 11.6 Å². The van der Waals surface area contributed by atoms with Crippen molar-refractivity contribution in [2.45, 2.75) is 37.8 Å². The largest absolute Gasteiger partial charge is 0.381 e. The third-order valence-electron chi connectivity index (χ3n) is 5.82. The summed E-state index contributed by atoms with van der Waals surface area (Å²) in [5.74, 6) is 1.75. The van der Waals surface area contributed by atoms with E-state index in [1.807, 2.05) is 12.1 Å². The van der Waals surface area contributed by atoms with E-state index in [-0.39, 0.29) is 29.5 Å². The molecule has 2 fully saturated rings. The highest BCUT2D eigenvalue weighted by Gasteiger charge is 2.35. The van der Waals surface area contributed by atoms with E-state index in [4.69, 9.17) is 21.3 Å². The average Bonchev–Trinajstić information content (AvgIpc) is 3.15. The second-order valence-electron chi connectivity index (χ2n) is 7.81. The lowest BCUT2D eigenvalue weighted by Crippen LogP contribution is -2.52. The first-order valence-corrected chi connectivity index (χ1v) is 10.6. The molecule has 2 N–H and O–H groups in total. The van der Waals surface area contributed by atoms with E-state index < -0.39 is 0 Å². The second kappa shape index (κ2) is 11.5. The predicted molar refractivity (Wildman–Crippen MR) is 131 cm³/mol. The summed E-state index contributed by atoms with van der Waals surface area (Å²) in [5, 5.41) is 7.71. The van der Waals surface area contributed by atoms with Gasteiger partial charge in [0.2, 0.25) is 0 Å². The summed E-state index contributed by atoms with van der Waals surface area (Å²) in [6.07, 6.45) is 4.85. The van der Waals surface area contributed by atoms with E-state index >= 15 is 0 Å². The van der Waals surface area contributed by atoms with Crippen LogP contribution >= 0.6 is 35.6 Å². The number of aromatic nitrogens is 1. The number of likely N-dealkylation sites (N-methyl/N-ethyl adjacent to an activating group) is 1. The van der Waals surface area contributed by atoms with Crippen LogP contribution in [-0.2, 0) is 4.74 Å². The summed E-state index contributed by atoms with van der Waals surface area (Å²) in [4.78, 5) is 13.9. The number of anilines is 1. The zero-order valence-corrected chi connectivity index (χ0v) is 20.7. The van der Waals surface area contributed by atoms with Crippen LogP contribution in [0.1, 0.15) is 26.2 Å². The first kappa shape index (κ1) is 24.4. The highest BCUT2D eigenvalue weighted by Crippen LogP contribution is 2.27. The quantitative estimate of drug-likeness (QED) is 0.331. The fourth-order valence-electron chi connectivity index (χ4n) is 3.92. The molecule has 3 rings (SSSR count). The van der Waals surface area contributed by atoms with Gasteiger partial charge in [-0.05, 0) is 52.4 Å². The van der Waals surface area contributed by atoms with Crippen molar-refractivity contribution in [2.75, 3.05) is 58.4 Å². The van der Waals surface area contributed by atoms with E-state index in [1.165, 1.54) is 0 Å². The number of aliphatic imine (C=N–C) groups is 1. The van der Waals surface area contributed by atoms with Gasteiger partial charge in [0.05, 0.1) is 11.6 Å². The van der Waals surface area contributed by atoms with Crippen LogP contribution in [0.3, 0.4) is 0 Å². The number of guanidine groups is 1. The molecule has 2 aliphatic heterocycles. The zero-order valence-electron chi connectivity index (χ0n) is 17.7. The maximum Gasteiger partial charge on any atom is 0.191 e. The van der Waals surface area contributed by atoms with Crippen LogP contribution in [0, 0.1) is 0 Å². The highest BCUT2D eigenvalue weighted by molar-refractivity contribution is 14.0. The Morgan fingerprint density at radius 3 is 2.83 bits per heavy atom. The minimum atomic E-state index is 0. The molecule has 0 bridgehead atoms. The first-order chi connectivity index (χ1) is 13.5. The topological polar surface area (TPSA) is 65.0 Å². The predicted octanol–water partition coefficient (Wildman–Crippen LogP) is 2.60. The Balaban J connectivity index is 0.00000300. The summed E-state index contributed by atoms with van der Waals surface area (Å²) < 4.78 is 5.57. The van der Waals surface area contributed by atoms with E-state index in [2.05, 4.69) is 46.4 Å². The summed E-state index contributed by atoms with van der Waals surface area (Å²) in [7, 11) is 4.29. The molecule has 2 saturated heterocycles. The van der Waals surface area contributed by atoms with E-state index in [1.54, 1.807) is 6.20 Å². The fourth-order valence-corrected chi connectivity index (χ4v) is 4.16. The van der Waals surface area contributed by atoms with Gasteiger partial charge in [-0.3, -0.25) is 4.99 Å². The number of hydrogen-bond acceptors (Lipinski definition) is 5. The first-order valence-electron chi connectivity index (χ1n) is 10.2. The van der Waals surface area contributed by atoms with Gasteiger partial charge >= 0.3 is 0 Å². The molecule has 1 atom stereocenters. The Kier molecular flexibility index (Phi) is 9.71. The van der Waals surface area contributed by atoms with Crippen molar-refractivity contribution in [2.24, 2.45) is 4.99 Å². The number of nitrogens with zero attached hydrogens (tertiary/aromatic N) is 4. The molecule has 1 aromatic heterocycles. The molecule has 29 heavy (non-hydrogen) atoms. The van der Waals surface area contributed by atoms with Gasteiger partial charge in [-0.2, -0.15) is 0 Å². The Hall–Kier alpha value is -0.840. The SMILES string of the molecule is CCNC(=NCC1(N(C)C)CCOCC1)NC1CCN(c2ncccc2Cl)C1.I. The zero-order chi connectivity index (χ0) is 20.0. The number of nitrogens with one attached hydrogen (secondary N) is 2. The molecule has 1 aromatic rings. The Labute approximate surface area is 196 Å². The van der Waals surface area contributed by atoms with Gasteiger partial charge in [0.1, 0.15) is 5.82 Å². The maximum atomic E-state index is 6.31. The third kappa shape index (κ3) is 6.32. The monoisotopic (exact) mass is 536 g/mol. The van der Waals surface area contributed by atoms with Crippen molar-refractivity contribution < 1.29 is 4.74 Å². The molecule has 0 radical (unpaired) electrons. The van der Waals surface area contributed by atoms with Gasteiger partial charge in [-0.15, -0.1) is 24.0 Å². The normalized spacial score (nSPS) is 21.8. The third-order valence-corrected chi connectivity index (χ3v) is 6.11. The molecular weight excluding hydrogens is 503 g/mol. The van der Waals surface area contributed by atoms with Crippen LogP contribution in [0.2, 0.25) is 5.02 Å². The fraction of sp³-hybridized carbons (Fsp3) is 0.700. The Morgan fingerprint density at radius 2 is 2.17 bits per heavy atom. The number of ether oxygens (including phenoxy) is 1. The lowest BCUT2D eigenvalue weighted by Gasteiger charge is -2.41. The maximum absolute atomic E-state index is 6.31. The second-order valence-corrected chi connectivity index (χ2v) is 8.22. The van der Waals surface area contributed by atoms with Gasteiger partial charge < -0.3 is 25.2 Å². The Bertz CT molecular complexity index is 668. The average molecular weight is 537 g/mol. The van der Waals surface area contributed by atoms with Crippen LogP contribution in [-0.4, -0.2) is 80.9 Å². The molecule has 9 heteroatoms. The summed E-state index contributed by atoms with van der Waals surface area (Å²) in [6, 6.07) is 4.08. The smallest absolute Gasteiger partial charge is 0.191 e. The molecule has 164 valence electrons. The molecule has 1 unspecified atom stereocenters.